The van der Waals surface area contributed by atoms with E-state index >= 15 is 0 Å². The summed E-state index contributed by atoms with van der Waals surface area (Å²) in [4.78, 5) is 16.7. The molecule has 1 fully saturated rings. The Bertz CT molecular complexity index is 920. The zero-order valence-electron chi connectivity index (χ0n) is 14.2. The van der Waals surface area contributed by atoms with Crippen LogP contribution in [0, 0.1) is 5.82 Å². The lowest BCUT2D eigenvalue weighted by Crippen LogP contribution is -2.33. The van der Waals surface area contributed by atoms with Crippen molar-refractivity contribution in [3.05, 3.63) is 53.8 Å². The zero-order chi connectivity index (χ0) is 18.1. The SMILES string of the molecule is N[C@H]1CC[C@@H](NCC(=O)c2ccc(-c3nc4ccccc4o3)cc2F)C1. The Morgan fingerprint density at radius 2 is 2.12 bits per heavy atom. The maximum Gasteiger partial charge on any atom is 0.227 e. The van der Waals surface area contributed by atoms with Crippen molar-refractivity contribution in [3.63, 3.8) is 0 Å². The van der Waals surface area contributed by atoms with Crippen LogP contribution in [0.1, 0.15) is 29.6 Å². The first-order chi connectivity index (χ1) is 12.6. The lowest BCUT2D eigenvalue weighted by molar-refractivity contribution is 0.0983. The number of aromatic nitrogens is 1. The first-order valence-corrected chi connectivity index (χ1v) is 8.78. The molecule has 1 saturated carbocycles. The molecule has 0 unspecified atom stereocenters. The Morgan fingerprint density at radius 1 is 1.27 bits per heavy atom. The van der Waals surface area contributed by atoms with E-state index in [9.17, 15) is 9.18 Å². The molecule has 0 bridgehead atoms. The van der Waals surface area contributed by atoms with Gasteiger partial charge in [-0.25, -0.2) is 9.37 Å². The lowest BCUT2D eigenvalue weighted by atomic mass is 10.1. The summed E-state index contributed by atoms with van der Waals surface area (Å²) in [5.41, 5.74) is 7.79. The van der Waals surface area contributed by atoms with Crippen molar-refractivity contribution in [1.29, 1.82) is 0 Å². The molecule has 1 aliphatic rings. The Kier molecular flexibility index (Phi) is 4.53. The highest BCUT2D eigenvalue weighted by atomic mass is 19.1. The van der Waals surface area contributed by atoms with E-state index < -0.39 is 5.82 Å². The van der Waals surface area contributed by atoms with E-state index in [2.05, 4.69) is 10.3 Å². The summed E-state index contributed by atoms with van der Waals surface area (Å²) in [7, 11) is 0. The molecule has 1 aromatic heterocycles. The monoisotopic (exact) mass is 353 g/mol. The number of ketones is 1. The van der Waals surface area contributed by atoms with Crippen LogP contribution in [0.3, 0.4) is 0 Å². The molecule has 4 rings (SSSR count). The molecule has 26 heavy (non-hydrogen) atoms. The highest BCUT2D eigenvalue weighted by Crippen LogP contribution is 2.26. The van der Waals surface area contributed by atoms with Gasteiger partial charge in [-0.05, 0) is 49.6 Å². The van der Waals surface area contributed by atoms with Crippen molar-refractivity contribution in [2.45, 2.75) is 31.3 Å². The third kappa shape index (κ3) is 3.38. The van der Waals surface area contributed by atoms with Gasteiger partial charge < -0.3 is 15.5 Å². The number of nitrogens with zero attached hydrogens (tertiary/aromatic N) is 1. The molecule has 1 aliphatic carbocycles. The minimum atomic E-state index is -0.570. The van der Waals surface area contributed by atoms with Crippen LogP contribution in [0.2, 0.25) is 0 Å². The van der Waals surface area contributed by atoms with Crippen LogP contribution in [0.5, 0.6) is 0 Å². The second kappa shape index (κ2) is 6.97. The first-order valence-electron chi connectivity index (χ1n) is 8.78. The smallest absolute Gasteiger partial charge is 0.227 e. The third-order valence-corrected chi connectivity index (χ3v) is 4.83. The molecule has 5 nitrogen and oxygen atoms in total. The minimum absolute atomic E-state index is 0.0691. The Labute approximate surface area is 150 Å². The molecule has 0 spiro atoms. The molecule has 3 aromatic rings. The average molecular weight is 353 g/mol. The summed E-state index contributed by atoms with van der Waals surface area (Å²) >= 11 is 0. The summed E-state index contributed by atoms with van der Waals surface area (Å²) in [6.07, 6.45) is 2.76. The van der Waals surface area contributed by atoms with Crippen molar-refractivity contribution in [1.82, 2.24) is 10.3 Å². The standard InChI is InChI=1S/C20H20FN3O2/c21-16-9-12(20-24-17-3-1-2-4-19(17)26-20)5-8-15(16)18(25)11-23-14-7-6-13(22)10-14/h1-5,8-9,13-14,23H,6-7,10-11,22H2/t13-,14+/m0/s1. The second-order valence-corrected chi connectivity index (χ2v) is 6.76. The van der Waals surface area contributed by atoms with E-state index in [1.165, 1.54) is 12.1 Å². The maximum atomic E-state index is 14.5. The van der Waals surface area contributed by atoms with E-state index in [0.29, 0.717) is 22.6 Å². The quantitative estimate of drug-likeness (QED) is 0.688. The molecule has 2 aromatic carbocycles. The fourth-order valence-corrected chi connectivity index (χ4v) is 3.40. The molecule has 134 valence electrons. The number of benzene rings is 2. The number of para-hydroxylation sites is 2. The van der Waals surface area contributed by atoms with Crippen LogP contribution in [0.15, 0.2) is 46.9 Å². The summed E-state index contributed by atoms with van der Waals surface area (Å²) in [6, 6.07) is 12.2. The van der Waals surface area contributed by atoms with Gasteiger partial charge in [-0.2, -0.15) is 0 Å². The number of oxazole rings is 1. The van der Waals surface area contributed by atoms with E-state index in [1.54, 1.807) is 12.1 Å². The van der Waals surface area contributed by atoms with Gasteiger partial charge in [-0.1, -0.05) is 12.1 Å². The number of nitrogens with two attached hydrogens (primary N) is 1. The fraction of sp³-hybridized carbons (Fsp3) is 0.300. The number of halogens is 1. The van der Waals surface area contributed by atoms with Gasteiger partial charge in [0.15, 0.2) is 11.4 Å². The van der Waals surface area contributed by atoms with Gasteiger partial charge in [-0.15, -0.1) is 0 Å². The highest BCUT2D eigenvalue weighted by Gasteiger charge is 2.22. The topological polar surface area (TPSA) is 81.1 Å². The van der Waals surface area contributed by atoms with Gasteiger partial charge in [0.1, 0.15) is 11.3 Å². The number of carbonyl (C=O) groups excluding carboxylic acids is 1. The lowest BCUT2D eigenvalue weighted by Gasteiger charge is -2.12. The fourth-order valence-electron chi connectivity index (χ4n) is 3.40. The predicted octanol–water partition coefficient (Wildman–Crippen LogP) is 3.29. The number of rotatable bonds is 5. The molecule has 0 aliphatic heterocycles. The van der Waals surface area contributed by atoms with Gasteiger partial charge in [0.05, 0.1) is 12.1 Å². The Morgan fingerprint density at radius 3 is 2.85 bits per heavy atom. The minimum Gasteiger partial charge on any atom is -0.436 e. The van der Waals surface area contributed by atoms with Gasteiger partial charge in [-0.3, -0.25) is 4.79 Å². The average Bonchev–Trinajstić information content (AvgIpc) is 3.25. The Balaban J connectivity index is 1.49. The van der Waals surface area contributed by atoms with Crippen molar-refractivity contribution in [3.8, 4) is 11.5 Å². The number of hydrogen-bond acceptors (Lipinski definition) is 5. The molecule has 1 heterocycles. The van der Waals surface area contributed by atoms with E-state index in [-0.39, 0.29) is 30.0 Å². The van der Waals surface area contributed by atoms with Crippen molar-refractivity contribution in [2.24, 2.45) is 5.73 Å². The number of Topliss-reactive ketones (excluding diaryl/α,β-unsaturated/α-hetero) is 1. The van der Waals surface area contributed by atoms with Crippen molar-refractivity contribution in [2.75, 3.05) is 6.54 Å². The number of hydrogen-bond donors (Lipinski definition) is 2. The molecule has 0 amide bonds. The van der Waals surface area contributed by atoms with Crippen LogP contribution in [-0.2, 0) is 0 Å². The van der Waals surface area contributed by atoms with Gasteiger partial charge >= 0.3 is 0 Å². The summed E-state index contributed by atoms with van der Waals surface area (Å²) in [5, 5.41) is 3.17. The van der Waals surface area contributed by atoms with E-state index in [0.717, 1.165) is 19.3 Å². The molecule has 2 atom stereocenters. The normalized spacial score (nSPS) is 19.9. The third-order valence-electron chi connectivity index (χ3n) is 4.83. The largest absolute Gasteiger partial charge is 0.436 e. The maximum absolute atomic E-state index is 14.5. The van der Waals surface area contributed by atoms with Gasteiger partial charge in [0, 0.05) is 17.6 Å². The van der Waals surface area contributed by atoms with Crippen LogP contribution >= 0.6 is 0 Å². The molecular weight excluding hydrogens is 333 g/mol. The van der Waals surface area contributed by atoms with Crippen molar-refractivity contribution >= 4 is 16.9 Å². The second-order valence-electron chi connectivity index (χ2n) is 6.76. The van der Waals surface area contributed by atoms with E-state index in [1.807, 2.05) is 18.2 Å². The number of carbonyl (C=O) groups is 1. The van der Waals surface area contributed by atoms with Crippen LogP contribution in [-0.4, -0.2) is 29.4 Å². The number of nitrogens with one attached hydrogen (secondary N) is 1. The summed E-state index contributed by atoms with van der Waals surface area (Å²) in [5.74, 6) is -0.506. The van der Waals surface area contributed by atoms with Gasteiger partial charge in [0.25, 0.3) is 0 Å². The summed E-state index contributed by atoms with van der Waals surface area (Å²) in [6.45, 7) is 0.108. The molecular formula is C20H20FN3O2. The predicted molar refractivity (Wildman–Crippen MR) is 97.4 cm³/mol. The first kappa shape index (κ1) is 16.9. The van der Waals surface area contributed by atoms with Crippen LogP contribution < -0.4 is 11.1 Å². The Hall–Kier alpha value is -2.57. The van der Waals surface area contributed by atoms with Crippen LogP contribution in [0.4, 0.5) is 4.39 Å². The number of fused-ring (bicyclic) bond motifs is 1. The molecule has 0 radical (unpaired) electrons. The van der Waals surface area contributed by atoms with E-state index in [4.69, 9.17) is 10.2 Å². The van der Waals surface area contributed by atoms with Gasteiger partial charge in [0.2, 0.25) is 5.89 Å². The molecule has 0 saturated heterocycles. The molecule has 6 heteroatoms. The molecule has 3 N–H and O–H groups in total. The van der Waals surface area contributed by atoms with Crippen molar-refractivity contribution < 1.29 is 13.6 Å². The summed E-state index contributed by atoms with van der Waals surface area (Å²) < 4.78 is 20.1. The van der Waals surface area contributed by atoms with Crippen LogP contribution in [0.25, 0.3) is 22.6 Å². The highest BCUT2D eigenvalue weighted by molar-refractivity contribution is 5.98. The zero-order valence-corrected chi connectivity index (χ0v) is 14.2.